The Morgan fingerprint density at radius 2 is 1.43 bits per heavy atom. The third kappa shape index (κ3) is 3.81. The van der Waals surface area contributed by atoms with Crippen molar-refractivity contribution in [3.8, 4) is 0 Å². The quantitative estimate of drug-likeness (QED) is 0.638. The van der Waals surface area contributed by atoms with Crippen LogP contribution in [0.4, 0.5) is 5.69 Å². The monoisotopic (exact) mass is 371 g/mol. The highest BCUT2D eigenvalue weighted by Gasteiger charge is 2.52. The summed E-state index contributed by atoms with van der Waals surface area (Å²) in [4.78, 5) is 24.9. The molecule has 0 saturated heterocycles. The number of esters is 1. The molecule has 0 atom stereocenters. The lowest BCUT2D eigenvalue weighted by atomic mass is 9.96. The molecule has 1 saturated carbocycles. The summed E-state index contributed by atoms with van der Waals surface area (Å²) in [5.41, 5.74) is 2.71. The number of para-hydroxylation sites is 1. The summed E-state index contributed by atoms with van der Waals surface area (Å²) in [5.74, 6) is -0.347. The number of rotatable bonds is 6. The standard InChI is InChI=1S/C24H21NO3/c26-22(25-21-9-5-2-6-10-21)19-13-11-18(12-14-19)17-28-23(27)24(15-16-24)20-7-3-1-4-8-20/h1-14H,15-17H2,(H,25,26). The molecule has 28 heavy (non-hydrogen) atoms. The maximum Gasteiger partial charge on any atom is 0.316 e. The van der Waals surface area contributed by atoms with Crippen molar-refractivity contribution in [2.45, 2.75) is 24.9 Å². The van der Waals surface area contributed by atoms with Crippen molar-refractivity contribution >= 4 is 17.6 Å². The van der Waals surface area contributed by atoms with Crippen molar-refractivity contribution in [2.24, 2.45) is 0 Å². The summed E-state index contributed by atoms with van der Waals surface area (Å²) in [7, 11) is 0. The number of hydrogen-bond acceptors (Lipinski definition) is 3. The zero-order valence-electron chi connectivity index (χ0n) is 15.4. The van der Waals surface area contributed by atoms with Crippen LogP contribution in [0.15, 0.2) is 84.9 Å². The summed E-state index contributed by atoms with van der Waals surface area (Å²) in [6, 6.07) is 26.2. The van der Waals surface area contributed by atoms with Crippen molar-refractivity contribution in [1.29, 1.82) is 0 Å². The Morgan fingerprint density at radius 3 is 2.04 bits per heavy atom. The van der Waals surface area contributed by atoms with Crippen molar-refractivity contribution < 1.29 is 14.3 Å². The van der Waals surface area contributed by atoms with Crippen LogP contribution in [0.2, 0.25) is 0 Å². The van der Waals surface area contributed by atoms with E-state index in [0.717, 1.165) is 29.7 Å². The number of hydrogen-bond donors (Lipinski definition) is 1. The van der Waals surface area contributed by atoms with Crippen LogP contribution in [-0.2, 0) is 21.6 Å². The fourth-order valence-corrected chi connectivity index (χ4v) is 3.26. The Morgan fingerprint density at radius 1 is 0.821 bits per heavy atom. The molecule has 3 aromatic carbocycles. The third-order valence-electron chi connectivity index (χ3n) is 5.08. The van der Waals surface area contributed by atoms with E-state index >= 15 is 0 Å². The maximum absolute atomic E-state index is 12.6. The molecule has 1 amide bonds. The summed E-state index contributed by atoms with van der Waals surface area (Å²) >= 11 is 0. The van der Waals surface area contributed by atoms with Crippen LogP contribution in [0.1, 0.15) is 34.3 Å². The average molecular weight is 371 g/mol. The molecular formula is C24H21NO3. The lowest BCUT2D eigenvalue weighted by Gasteiger charge is -2.15. The predicted molar refractivity (Wildman–Crippen MR) is 108 cm³/mol. The van der Waals surface area contributed by atoms with Gasteiger partial charge in [-0.05, 0) is 48.2 Å². The molecule has 0 spiro atoms. The normalized spacial score (nSPS) is 14.1. The minimum absolute atomic E-state index is 0.171. The van der Waals surface area contributed by atoms with Crippen molar-refractivity contribution in [3.05, 3.63) is 102 Å². The first-order valence-corrected chi connectivity index (χ1v) is 9.35. The second-order valence-electron chi connectivity index (χ2n) is 7.04. The lowest BCUT2D eigenvalue weighted by molar-refractivity contribution is -0.148. The average Bonchev–Trinajstić information content (AvgIpc) is 3.56. The molecule has 0 aromatic heterocycles. The van der Waals surface area contributed by atoms with Crippen molar-refractivity contribution in [3.63, 3.8) is 0 Å². The molecule has 1 N–H and O–H groups in total. The molecule has 4 heteroatoms. The first-order chi connectivity index (χ1) is 13.7. The van der Waals surface area contributed by atoms with Gasteiger partial charge in [-0.25, -0.2) is 0 Å². The molecule has 4 rings (SSSR count). The zero-order valence-corrected chi connectivity index (χ0v) is 15.4. The number of benzene rings is 3. The molecule has 0 heterocycles. The van der Waals surface area contributed by atoms with Crippen molar-refractivity contribution in [2.75, 3.05) is 5.32 Å². The van der Waals surface area contributed by atoms with Gasteiger partial charge < -0.3 is 10.1 Å². The molecule has 4 nitrogen and oxygen atoms in total. The minimum Gasteiger partial charge on any atom is -0.460 e. The highest BCUT2D eigenvalue weighted by atomic mass is 16.5. The van der Waals surface area contributed by atoms with Crippen LogP contribution in [0.25, 0.3) is 0 Å². The zero-order chi connectivity index (χ0) is 19.4. The van der Waals surface area contributed by atoms with Gasteiger partial charge in [0.1, 0.15) is 6.61 Å². The summed E-state index contributed by atoms with van der Waals surface area (Å²) in [5, 5.41) is 2.85. The predicted octanol–water partition coefficient (Wildman–Crippen LogP) is 4.71. The van der Waals surface area contributed by atoms with Gasteiger partial charge >= 0.3 is 5.97 Å². The number of ether oxygens (including phenoxy) is 1. The van der Waals surface area contributed by atoms with Crippen LogP contribution >= 0.6 is 0 Å². The summed E-state index contributed by atoms with van der Waals surface area (Å²) in [6.45, 7) is 0.202. The molecule has 0 bridgehead atoms. The third-order valence-corrected chi connectivity index (χ3v) is 5.08. The molecular weight excluding hydrogens is 350 g/mol. The first-order valence-electron chi connectivity index (χ1n) is 9.35. The largest absolute Gasteiger partial charge is 0.460 e. The molecule has 3 aromatic rings. The van der Waals surface area contributed by atoms with E-state index in [1.807, 2.05) is 72.8 Å². The molecule has 140 valence electrons. The molecule has 1 fully saturated rings. The second kappa shape index (κ2) is 7.69. The second-order valence-corrected chi connectivity index (χ2v) is 7.04. The topological polar surface area (TPSA) is 55.4 Å². The van der Waals surface area contributed by atoms with E-state index in [1.165, 1.54) is 0 Å². The minimum atomic E-state index is -0.475. The summed E-state index contributed by atoms with van der Waals surface area (Å²) in [6.07, 6.45) is 1.66. The smallest absolute Gasteiger partial charge is 0.316 e. The maximum atomic E-state index is 12.6. The van der Waals surface area contributed by atoms with Gasteiger partial charge in [0.25, 0.3) is 5.91 Å². The van der Waals surface area contributed by atoms with E-state index in [2.05, 4.69) is 5.32 Å². The van der Waals surface area contributed by atoms with Gasteiger partial charge in [-0.1, -0.05) is 60.7 Å². The number of nitrogens with one attached hydrogen (secondary N) is 1. The number of amides is 1. The van der Waals surface area contributed by atoms with Gasteiger partial charge in [0.2, 0.25) is 0 Å². The van der Waals surface area contributed by atoms with E-state index in [-0.39, 0.29) is 18.5 Å². The molecule has 0 aliphatic heterocycles. The Hall–Kier alpha value is -3.40. The van der Waals surface area contributed by atoms with E-state index in [4.69, 9.17) is 4.74 Å². The van der Waals surface area contributed by atoms with Gasteiger partial charge in [0.15, 0.2) is 0 Å². The van der Waals surface area contributed by atoms with Gasteiger partial charge in [0, 0.05) is 11.3 Å². The van der Waals surface area contributed by atoms with Gasteiger partial charge in [-0.3, -0.25) is 9.59 Å². The Bertz CT molecular complexity index is 962. The summed E-state index contributed by atoms with van der Waals surface area (Å²) < 4.78 is 5.57. The fraction of sp³-hybridized carbons (Fsp3) is 0.167. The van der Waals surface area contributed by atoms with Gasteiger partial charge in [-0.15, -0.1) is 0 Å². The first kappa shape index (κ1) is 18.0. The van der Waals surface area contributed by atoms with Crippen molar-refractivity contribution in [1.82, 2.24) is 0 Å². The Balaban J connectivity index is 1.35. The van der Waals surface area contributed by atoms with E-state index < -0.39 is 5.41 Å². The van der Waals surface area contributed by atoms with E-state index in [9.17, 15) is 9.59 Å². The number of carbonyl (C=O) groups is 2. The Labute approximate surface area is 164 Å². The van der Waals surface area contributed by atoms with Crippen LogP contribution < -0.4 is 5.32 Å². The molecule has 1 aliphatic carbocycles. The van der Waals surface area contributed by atoms with E-state index in [0.29, 0.717) is 5.56 Å². The van der Waals surface area contributed by atoms with E-state index in [1.54, 1.807) is 12.1 Å². The molecule has 0 unspecified atom stereocenters. The Kier molecular flexibility index (Phi) is 4.94. The highest BCUT2D eigenvalue weighted by molar-refractivity contribution is 6.04. The molecule has 1 aliphatic rings. The van der Waals surface area contributed by atoms with Crippen LogP contribution in [0.3, 0.4) is 0 Å². The van der Waals surface area contributed by atoms with Gasteiger partial charge in [0.05, 0.1) is 5.41 Å². The van der Waals surface area contributed by atoms with Gasteiger partial charge in [-0.2, -0.15) is 0 Å². The van der Waals surface area contributed by atoms with Crippen LogP contribution in [0, 0.1) is 0 Å². The number of anilines is 1. The number of carbonyl (C=O) groups excluding carboxylic acids is 2. The van der Waals surface area contributed by atoms with Crippen LogP contribution in [-0.4, -0.2) is 11.9 Å². The SMILES string of the molecule is O=C(Nc1ccccc1)c1ccc(COC(=O)C2(c3ccccc3)CC2)cc1. The fourth-order valence-electron chi connectivity index (χ4n) is 3.26. The lowest BCUT2D eigenvalue weighted by Crippen LogP contribution is -2.23. The van der Waals surface area contributed by atoms with Crippen LogP contribution in [0.5, 0.6) is 0 Å². The highest BCUT2D eigenvalue weighted by Crippen LogP contribution is 2.49. The molecule has 0 radical (unpaired) electrons.